The summed E-state index contributed by atoms with van der Waals surface area (Å²) >= 11 is 5.97. The van der Waals surface area contributed by atoms with Gasteiger partial charge in [0.25, 0.3) is 0 Å². The molecule has 1 saturated carbocycles. The number of ether oxygens (including phenoxy) is 4. The highest BCUT2D eigenvalue weighted by atomic mass is 35.5. The number of carbonyl (C=O) groups is 1. The summed E-state index contributed by atoms with van der Waals surface area (Å²) in [5.74, 6) is -1.04. The molecule has 2 saturated heterocycles. The van der Waals surface area contributed by atoms with Gasteiger partial charge in [0.2, 0.25) is 12.2 Å². The van der Waals surface area contributed by atoms with Gasteiger partial charge in [-0.25, -0.2) is 0 Å². The molecule has 1 aliphatic carbocycles. The molecule has 0 spiro atoms. The van der Waals surface area contributed by atoms with E-state index >= 15 is 0 Å². The van der Waals surface area contributed by atoms with E-state index in [4.69, 9.17) is 35.4 Å². The van der Waals surface area contributed by atoms with E-state index in [1.807, 2.05) is 6.07 Å². The molecule has 0 bridgehead atoms. The second kappa shape index (κ2) is 14.0. The van der Waals surface area contributed by atoms with Crippen LogP contribution in [0.25, 0.3) is 6.08 Å². The van der Waals surface area contributed by atoms with E-state index in [-0.39, 0.29) is 36.2 Å². The maximum absolute atomic E-state index is 12.9. The monoisotopic (exact) mass is 650 g/mol. The molecule has 1 amide bonds. The average Bonchev–Trinajstić information content (AvgIpc) is 3.61. The van der Waals surface area contributed by atoms with Crippen LogP contribution in [0.4, 0.5) is 0 Å². The molecule has 2 heterocycles. The highest BCUT2D eigenvalue weighted by Crippen LogP contribution is 2.33. The summed E-state index contributed by atoms with van der Waals surface area (Å²) in [6.07, 6.45) is -9.83. The Morgan fingerprint density at radius 3 is 2.44 bits per heavy atom. The predicted molar refractivity (Wildman–Crippen MR) is 157 cm³/mol. The standard InChI is InChI=1S/C30H35ClN2O12/c1-13(29(40)32-20-21(35)23(37)28-27(22(20)36)41-12-42-28)8-15-6-7-19(18(34)10-15)44-30-25(39)24(38)26(45-30)14(2)33-43-11-16-4-3-5-17(31)9-16/h3-10,20-28,30,34-39H,11-12H2,1-2H3,(H,32,40). The Balaban J connectivity index is 1.18. The molecule has 0 radical (unpaired) electrons. The van der Waals surface area contributed by atoms with E-state index < -0.39 is 67.1 Å². The summed E-state index contributed by atoms with van der Waals surface area (Å²) in [4.78, 5) is 18.2. The van der Waals surface area contributed by atoms with Crippen LogP contribution in [0.15, 0.2) is 53.2 Å². The first kappa shape index (κ1) is 33.1. The summed E-state index contributed by atoms with van der Waals surface area (Å²) < 4.78 is 21.8. The first-order chi connectivity index (χ1) is 21.4. The molecule has 14 nitrogen and oxygen atoms in total. The molecule has 45 heavy (non-hydrogen) atoms. The molecule has 2 aromatic rings. The van der Waals surface area contributed by atoms with Crippen LogP contribution in [0.3, 0.4) is 0 Å². The molecule has 2 aromatic carbocycles. The highest BCUT2D eigenvalue weighted by Gasteiger charge is 2.53. The molecule has 2 aliphatic heterocycles. The number of aliphatic hydroxyl groups excluding tert-OH is 5. The number of nitrogens with zero attached hydrogens (tertiary/aromatic N) is 1. The third-order valence-corrected chi connectivity index (χ3v) is 8.06. The fourth-order valence-corrected chi connectivity index (χ4v) is 5.57. The van der Waals surface area contributed by atoms with Gasteiger partial charge < -0.3 is 59.7 Å². The van der Waals surface area contributed by atoms with Crippen LogP contribution in [-0.2, 0) is 30.4 Å². The lowest BCUT2D eigenvalue weighted by atomic mass is 9.83. The summed E-state index contributed by atoms with van der Waals surface area (Å²) in [6, 6.07) is 10.0. The Bertz CT molecular complexity index is 1440. The van der Waals surface area contributed by atoms with Crippen molar-refractivity contribution < 1.29 is 59.2 Å². The summed E-state index contributed by atoms with van der Waals surface area (Å²) in [7, 11) is 0. The zero-order valence-electron chi connectivity index (χ0n) is 24.3. The van der Waals surface area contributed by atoms with Crippen LogP contribution in [0, 0.1) is 0 Å². The molecule has 3 aliphatic rings. The van der Waals surface area contributed by atoms with Crippen molar-refractivity contribution >= 4 is 29.3 Å². The van der Waals surface area contributed by atoms with Crippen LogP contribution in [-0.4, -0.2) is 110 Å². The van der Waals surface area contributed by atoms with Gasteiger partial charge in [0.15, 0.2) is 11.5 Å². The third kappa shape index (κ3) is 7.25. The number of aromatic hydroxyl groups is 1. The Hall–Kier alpha value is -3.31. The van der Waals surface area contributed by atoms with E-state index in [1.54, 1.807) is 25.1 Å². The Morgan fingerprint density at radius 2 is 1.73 bits per heavy atom. The number of hydrogen-bond donors (Lipinski definition) is 7. The van der Waals surface area contributed by atoms with Gasteiger partial charge in [-0.05, 0) is 55.3 Å². The van der Waals surface area contributed by atoms with Gasteiger partial charge in [-0.1, -0.05) is 35.0 Å². The van der Waals surface area contributed by atoms with Gasteiger partial charge in [0.1, 0.15) is 62.2 Å². The van der Waals surface area contributed by atoms with Crippen molar-refractivity contribution in [2.75, 3.05) is 6.79 Å². The molecule has 244 valence electrons. The molecular weight excluding hydrogens is 616 g/mol. The lowest BCUT2D eigenvalue weighted by Gasteiger charge is -2.41. The SMILES string of the molecule is CC(=Cc1ccc(OC2OC(C(C)=NOCc3cccc(Cl)c3)C(O)C2O)c(O)c1)C(=O)NC1C(O)C(O)C2OCOC2C1O. The van der Waals surface area contributed by atoms with Gasteiger partial charge in [0, 0.05) is 10.6 Å². The minimum atomic E-state index is -1.50. The number of oxime groups is 1. The normalized spacial score (nSPS) is 33.5. The van der Waals surface area contributed by atoms with E-state index in [9.17, 15) is 35.4 Å². The number of aliphatic hydroxyl groups is 5. The second-order valence-corrected chi connectivity index (χ2v) is 11.5. The quantitative estimate of drug-likeness (QED) is 0.110. The average molecular weight is 651 g/mol. The van der Waals surface area contributed by atoms with Crippen molar-refractivity contribution in [3.05, 3.63) is 64.2 Å². The maximum atomic E-state index is 12.9. The molecular formula is C30H35ClN2O12. The molecule has 7 N–H and O–H groups in total. The van der Waals surface area contributed by atoms with Crippen molar-refractivity contribution in [3.8, 4) is 11.5 Å². The number of rotatable bonds is 9. The van der Waals surface area contributed by atoms with Crippen molar-refractivity contribution in [1.29, 1.82) is 0 Å². The number of hydrogen-bond acceptors (Lipinski definition) is 13. The summed E-state index contributed by atoms with van der Waals surface area (Å²) in [5, 5.41) is 70.0. The predicted octanol–water partition coefficient (Wildman–Crippen LogP) is 0.190. The van der Waals surface area contributed by atoms with Crippen LogP contribution in [0.1, 0.15) is 25.0 Å². The lowest BCUT2D eigenvalue weighted by Crippen LogP contribution is -2.67. The summed E-state index contributed by atoms with van der Waals surface area (Å²) in [6.45, 7) is 3.02. The maximum Gasteiger partial charge on any atom is 0.247 e. The second-order valence-electron chi connectivity index (χ2n) is 11.1. The van der Waals surface area contributed by atoms with E-state index in [0.29, 0.717) is 10.6 Å². The topological polar surface area (TPSA) is 209 Å². The molecule has 10 atom stereocenters. The van der Waals surface area contributed by atoms with Gasteiger partial charge in [-0.15, -0.1) is 0 Å². The largest absolute Gasteiger partial charge is 0.504 e. The zero-order chi connectivity index (χ0) is 32.4. The summed E-state index contributed by atoms with van der Waals surface area (Å²) in [5.41, 5.74) is 1.60. The number of carbonyl (C=O) groups excluding carboxylic acids is 1. The fourth-order valence-electron chi connectivity index (χ4n) is 5.36. The smallest absolute Gasteiger partial charge is 0.247 e. The lowest BCUT2D eigenvalue weighted by molar-refractivity contribution is -0.155. The number of benzene rings is 2. The van der Waals surface area contributed by atoms with E-state index in [0.717, 1.165) is 5.56 Å². The van der Waals surface area contributed by atoms with E-state index in [2.05, 4.69) is 10.5 Å². The molecule has 15 heteroatoms. The van der Waals surface area contributed by atoms with E-state index in [1.165, 1.54) is 31.2 Å². The van der Waals surface area contributed by atoms with Crippen molar-refractivity contribution in [1.82, 2.24) is 5.32 Å². The Morgan fingerprint density at radius 1 is 1.00 bits per heavy atom. The zero-order valence-corrected chi connectivity index (χ0v) is 25.0. The Labute approximate surface area is 263 Å². The van der Waals surface area contributed by atoms with Crippen LogP contribution < -0.4 is 10.1 Å². The number of nitrogens with one attached hydrogen (secondary N) is 1. The van der Waals surface area contributed by atoms with Gasteiger partial charge in [-0.2, -0.15) is 0 Å². The number of phenols is 1. The van der Waals surface area contributed by atoms with Crippen LogP contribution in [0.5, 0.6) is 11.5 Å². The molecule has 5 rings (SSSR count). The van der Waals surface area contributed by atoms with Crippen LogP contribution in [0.2, 0.25) is 5.02 Å². The van der Waals surface area contributed by atoms with Crippen molar-refractivity contribution in [2.45, 2.75) is 81.6 Å². The minimum Gasteiger partial charge on any atom is -0.504 e. The fraction of sp³-hybridized carbons (Fsp3) is 0.467. The number of halogens is 1. The van der Waals surface area contributed by atoms with Gasteiger partial charge in [0.05, 0.1) is 11.8 Å². The van der Waals surface area contributed by atoms with Gasteiger partial charge >= 0.3 is 0 Å². The van der Waals surface area contributed by atoms with Crippen molar-refractivity contribution in [3.63, 3.8) is 0 Å². The first-order valence-corrected chi connectivity index (χ1v) is 14.5. The number of phenolic OH excluding ortho intramolecular Hbond substituents is 1. The number of amides is 1. The highest BCUT2D eigenvalue weighted by molar-refractivity contribution is 6.30. The van der Waals surface area contributed by atoms with Crippen molar-refractivity contribution in [2.24, 2.45) is 5.16 Å². The first-order valence-electron chi connectivity index (χ1n) is 14.1. The molecule has 0 aromatic heterocycles. The Kier molecular flexibility index (Phi) is 10.3. The van der Waals surface area contributed by atoms with Gasteiger partial charge in [-0.3, -0.25) is 4.79 Å². The molecule has 10 unspecified atom stereocenters. The minimum absolute atomic E-state index is 0.0614. The molecule has 3 fully saturated rings. The number of fused-ring (bicyclic) bond motifs is 1. The van der Waals surface area contributed by atoms with Crippen LogP contribution >= 0.6 is 11.6 Å². The third-order valence-electron chi connectivity index (χ3n) is 7.83.